The Labute approximate surface area is 185 Å². The number of carbonyl (C=O) groups excluding carboxylic acids is 1. The van der Waals surface area contributed by atoms with Crippen LogP contribution in [0.5, 0.6) is 0 Å². The smallest absolute Gasteiger partial charge is 0.324 e. The largest absolute Gasteiger partial charge is 0.416 e. The Morgan fingerprint density at radius 2 is 1.61 bits per heavy atom. The summed E-state index contributed by atoms with van der Waals surface area (Å²) < 4.78 is 67.3. The lowest BCUT2D eigenvalue weighted by molar-refractivity contribution is -0.137. The molecule has 0 aliphatic rings. The van der Waals surface area contributed by atoms with E-state index in [2.05, 4.69) is 21.2 Å². The van der Waals surface area contributed by atoms with Crippen molar-refractivity contribution in [3.05, 3.63) is 88.9 Å². The number of nitrogens with one attached hydrogen (secondary N) is 1. The van der Waals surface area contributed by atoms with Gasteiger partial charge in [-0.05, 0) is 48.5 Å². The Balaban J connectivity index is 2.00. The second-order valence-corrected chi connectivity index (χ2v) is 9.21. The summed E-state index contributed by atoms with van der Waals surface area (Å²) in [5.74, 6) is -0.713. The molecule has 0 saturated heterocycles. The highest BCUT2D eigenvalue weighted by Crippen LogP contribution is 2.33. The van der Waals surface area contributed by atoms with E-state index in [4.69, 9.17) is 0 Å². The quantitative estimate of drug-likeness (QED) is 0.487. The van der Waals surface area contributed by atoms with Gasteiger partial charge in [-0.1, -0.05) is 46.3 Å². The molecule has 5 nitrogen and oxygen atoms in total. The molecule has 0 unspecified atom stereocenters. The second kappa shape index (κ2) is 9.11. The van der Waals surface area contributed by atoms with E-state index in [1.165, 1.54) is 30.3 Å². The Morgan fingerprint density at radius 3 is 2.26 bits per heavy atom. The summed E-state index contributed by atoms with van der Waals surface area (Å²) in [5, 5.41) is 2.55. The van der Waals surface area contributed by atoms with Crippen LogP contribution in [0.4, 0.5) is 24.5 Å². The van der Waals surface area contributed by atoms with Gasteiger partial charge in [0.05, 0.1) is 16.1 Å². The third kappa shape index (κ3) is 5.65. The molecule has 0 radical (unpaired) electrons. The number of rotatable bonds is 6. The van der Waals surface area contributed by atoms with E-state index in [1.807, 2.05) is 0 Å². The molecule has 0 fully saturated rings. The number of hydrogen-bond acceptors (Lipinski definition) is 3. The minimum atomic E-state index is -4.67. The molecule has 1 N–H and O–H groups in total. The van der Waals surface area contributed by atoms with Crippen molar-refractivity contribution < 1.29 is 26.4 Å². The number of sulfonamides is 1. The Kier molecular flexibility index (Phi) is 6.71. The highest BCUT2D eigenvalue weighted by atomic mass is 79.9. The third-order valence-electron chi connectivity index (χ3n) is 4.19. The number of carbonyl (C=O) groups is 1. The first-order valence-electron chi connectivity index (χ1n) is 8.88. The van der Waals surface area contributed by atoms with Crippen molar-refractivity contribution in [2.75, 3.05) is 16.2 Å². The van der Waals surface area contributed by atoms with Crippen molar-refractivity contribution in [2.45, 2.75) is 11.1 Å². The van der Waals surface area contributed by atoms with Crippen LogP contribution in [0.15, 0.2) is 88.2 Å². The highest BCUT2D eigenvalue weighted by molar-refractivity contribution is 9.10. The van der Waals surface area contributed by atoms with Crippen molar-refractivity contribution in [3.8, 4) is 0 Å². The average Bonchev–Trinajstić information content (AvgIpc) is 2.72. The van der Waals surface area contributed by atoms with Gasteiger partial charge in [-0.2, -0.15) is 13.2 Å². The Morgan fingerprint density at radius 1 is 0.935 bits per heavy atom. The van der Waals surface area contributed by atoms with Gasteiger partial charge in [-0.25, -0.2) is 8.42 Å². The minimum Gasteiger partial charge on any atom is -0.324 e. The van der Waals surface area contributed by atoms with Crippen LogP contribution in [0.25, 0.3) is 0 Å². The maximum absolute atomic E-state index is 13.2. The molecule has 3 aromatic rings. The number of hydrogen-bond donors (Lipinski definition) is 1. The van der Waals surface area contributed by atoms with Crippen LogP contribution < -0.4 is 9.62 Å². The fourth-order valence-corrected chi connectivity index (χ4v) is 4.60. The lowest BCUT2D eigenvalue weighted by Crippen LogP contribution is -2.38. The number of alkyl halides is 3. The van der Waals surface area contributed by atoms with Crippen LogP contribution in [0.2, 0.25) is 0 Å². The number of anilines is 2. The molecule has 31 heavy (non-hydrogen) atoms. The molecule has 3 rings (SSSR count). The summed E-state index contributed by atoms with van der Waals surface area (Å²) in [6.45, 7) is -0.717. The first-order chi connectivity index (χ1) is 14.6. The molecule has 0 spiro atoms. The number of amides is 1. The standard InChI is InChI=1S/C21H16BrF3N2O3S/c22-16-7-5-8-17(13-16)26-20(28)14-27(31(29,30)19-10-2-1-3-11-19)18-9-4-6-15(12-18)21(23,24)25/h1-13H,14H2,(H,26,28). The van der Waals surface area contributed by atoms with Gasteiger partial charge >= 0.3 is 6.18 Å². The van der Waals surface area contributed by atoms with Gasteiger partial charge in [-0.15, -0.1) is 0 Å². The van der Waals surface area contributed by atoms with E-state index < -0.39 is 34.2 Å². The van der Waals surface area contributed by atoms with E-state index in [0.717, 1.165) is 12.1 Å². The molecule has 3 aromatic carbocycles. The van der Waals surface area contributed by atoms with Gasteiger partial charge < -0.3 is 5.32 Å². The molecule has 0 aliphatic heterocycles. The normalized spacial score (nSPS) is 11.7. The first kappa shape index (κ1) is 22.8. The zero-order chi connectivity index (χ0) is 22.6. The van der Waals surface area contributed by atoms with Crippen LogP contribution in [-0.4, -0.2) is 20.9 Å². The molecule has 162 valence electrons. The van der Waals surface area contributed by atoms with Crippen molar-refractivity contribution in [3.63, 3.8) is 0 Å². The number of halogens is 4. The van der Waals surface area contributed by atoms with Gasteiger partial charge in [0, 0.05) is 10.2 Å². The maximum atomic E-state index is 13.2. The predicted octanol–water partition coefficient (Wildman–Crippen LogP) is 5.30. The molecule has 0 atom stereocenters. The van der Waals surface area contributed by atoms with E-state index in [-0.39, 0.29) is 10.6 Å². The Hall–Kier alpha value is -2.85. The van der Waals surface area contributed by atoms with Crippen LogP contribution in [0.3, 0.4) is 0 Å². The van der Waals surface area contributed by atoms with Crippen LogP contribution >= 0.6 is 15.9 Å². The molecule has 10 heteroatoms. The summed E-state index contributed by atoms with van der Waals surface area (Å²) in [4.78, 5) is 12.5. The monoisotopic (exact) mass is 512 g/mol. The highest BCUT2D eigenvalue weighted by Gasteiger charge is 2.33. The summed E-state index contributed by atoms with van der Waals surface area (Å²) >= 11 is 3.26. The summed E-state index contributed by atoms with van der Waals surface area (Å²) in [5.41, 5.74) is -0.894. The second-order valence-electron chi connectivity index (χ2n) is 6.43. The van der Waals surface area contributed by atoms with Crippen molar-refractivity contribution >= 4 is 43.2 Å². The van der Waals surface area contributed by atoms with Crippen LogP contribution in [0.1, 0.15) is 5.56 Å². The number of benzene rings is 3. The number of nitrogens with zero attached hydrogens (tertiary/aromatic N) is 1. The van der Waals surface area contributed by atoms with Gasteiger partial charge in [0.25, 0.3) is 10.0 Å². The summed E-state index contributed by atoms with van der Waals surface area (Å²) in [6, 6.07) is 17.7. The molecule has 0 aliphatic carbocycles. The Bertz CT molecular complexity index is 1190. The van der Waals surface area contributed by atoms with Crippen molar-refractivity contribution in [1.29, 1.82) is 0 Å². The molecule has 0 aromatic heterocycles. The molecular weight excluding hydrogens is 497 g/mol. The lowest BCUT2D eigenvalue weighted by atomic mass is 10.2. The fourth-order valence-electron chi connectivity index (χ4n) is 2.77. The molecule has 1 amide bonds. The van der Waals surface area contributed by atoms with E-state index in [9.17, 15) is 26.4 Å². The van der Waals surface area contributed by atoms with Crippen LogP contribution in [-0.2, 0) is 21.0 Å². The topological polar surface area (TPSA) is 66.5 Å². The summed E-state index contributed by atoms with van der Waals surface area (Å²) in [6.07, 6.45) is -4.67. The molecular formula is C21H16BrF3N2O3S. The van der Waals surface area contributed by atoms with Crippen LogP contribution in [0, 0.1) is 0 Å². The first-order valence-corrected chi connectivity index (χ1v) is 11.1. The van der Waals surface area contributed by atoms with E-state index in [0.29, 0.717) is 20.5 Å². The van der Waals surface area contributed by atoms with E-state index in [1.54, 1.807) is 30.3 Å². The zero-order valence-corrected chi connectivity index (χ0v) is 18.2. The van der Waals surface area contributed by atoms with E-state index >= 15 is 0 Å². The van der Waals surface area contributed by atoms with Gasteiger partial charge in [-0.3, -0.25) is 9.10 Å². The maximum Gasteiger partial charge on any atom is 0.416 e. The zero-order valence-electron chi connectivity index (χ0n) is 15.8. The van der Waals surface area contributed by atoms with Gasteiger partial charge in [0.2, 0.25) is 5.91 Å². The SMILES string of the molecule is O=C(CN(c1cccc(C(F)(F)F)c1)S(=O)(=O)c1ccccc1)Nc1cccc(Br)c1. The molecule has 0 bridgehead atoms. The van der Waals surface area contributed by atoms with Gasteiger partial charge in [0.1, 0.15) is 6.54 Å². The predicted molar refractivity (Wildman–Crippen MR) is 115 cm³/mol. The van der Waals surface area contributed by atoms with Gasteiger partial charge in [0.15, 0.2) is 0 Å². The summed E-state index contributed by atoms with van der Waals surface area (Å²) in [7, 11) is -4.32. The fraction of sp³-hybridized carbons (Fsp3) is 0.0952. The van der Waals surface area contributed by atoms with Crippen molar-refractivity contribution in [2.24, 2.45) is 0 Å². The minimum absolute atomic E-state index is 0.150. The van der Waals surface area contributed by atoms with Crippen molar-refractivity contribution in [1.82, 2.24) is 0 Å². The molecule has 0 heterocycles. The average molecular weight is 513 g/mol. The molecule has 0 saturated carbocycles. The third-order valence-corrected chi connectivity index (χ3v) is 6.47. The lowest BCUT2D eigenvalue weighted by Gasteiger charge is -2.25.